The number of rotatable bonds is 6. The maximum Gasteiger partial charge on any atom is 0.339 e. The third-order valence-electron chi connectivity index (χ3n) is 2.43. The van der Waals surface area contributed by atoms with Gasteiger partial charge in [-0.3, -0.25) is 4.79 Å². The molecule has 2 amide bonds. The van der Waals surface area contributed by atoms with Gasteiger partial charge in [0.25, 0.3) is 0 Å². The molecule has 0 radical (unpaired) electrons. The highest BCUT2D eigenvalue weighted by Gasteiger charge is 2.12. The van der Waals surface area contributed by atoms with Crippen molar-refractivity contribution in [1.82, 2.24) is 5.32 Å². The normalized spacial score (nSPS) is 9.65. The van der Waals surface area contributed by atoms with E-state index in [1.807, 2.05) is 0 Å². The van der Waals surface area contributed by atoms with Crippen LogP contribution >= 0.6 is 0 Å². The highest BCUT2D eigenvalue weighted by Crippen LogP contribution is 2.15. The molecule has 0 heterocycles. The van der Waals surface area contributed by atoms with Gasteiger partial charge in [0.05, 0.1) is 18.4 Å². The zero-order chi connectivity index (χ0) is 15.0. The van der Waals surface area contributed by atoms with E-state index in [0.29, 0.717) is 12.1 Å². The van der Waals surface area contributed by atoms with Gasteiger partial charge in [-0.05, 0) is 18.6 Å². The summed E-state index contributed by atoms with van der Waals surface area (Å²) < 4.78 is 4.61. The quantitative estimate of drug-likeness (QED) is 0.540. The summed E-state index contributed by atoms with van der Waals surface area (Å²) >= 11 is 0. The van der Waals surface area contributed by atoms with Gasteiger partial charge in [-0.15, -0.1) is 0 Å². The summed E-state index contributed by atoms with van der Waals surface area (Å²) in [5, 5.41) is 13.5. The first-order valence-electron chi connectivity index (χ1n) is 5.98. The van der Waals surface area contributed by atoms with Crippen molar-refractivity contribution >= 4 is 23.7 Å². The Balaban J connectivity index is 2.53. The van der Waals surface area contributed by atoms with Gasteiger partial charge in [0, 0.05) is 13.0 Å². The molecule has 0 aliphatic heterocycles. The zero-order valence-electron chi connectivity index (χ0n) is 11.0. The van der Waals surface area contributed by atoms with Gasteiger partial charge < -0.3 is 20.5 Å². The second kappa shape index (κ2) is 7.78. The van der Waals surface area contributed by atoms with Crippen molar-refractivity contribution in [1.29, 1.82) is 0 Å². The Hall–Kier alpha value is -2.57. The van der Waals surface area contributed by atoms with Gasteiger partial charge in [0.1, 0.15) is 0 Å². The molecule has 0 spiro atoms. The van der Waals surface area contributed by atoms with Crippen LogP contribution in [0.25, 0.3) is 0 Å². The van der Waals surface area contributed by atoms with E-state index >= 15 is 0 Å². The smallest absolute Gasteiger partial charge is 0.339 e. The van der Waals surface area contributed by atoms with E-state index in [2.05, 4.69) is 15.4 Å². The molecule has 0 aromatic heterocycles. The first-order chi connectivity index (χ1) is 9.54. The SMILES string of the molecule is COC(=O)c1ccccc1NC(=O)NCCCC(=O)O. The van der Waals surface area contributed by atoms with Crippen molar-refractivity contribution in [2.24, 2.45) is 0 Å². The molecule has 0 aliphatic carbocycles. The number of ether oxygens (including phenoxy) is 1. The van der Waals surface area contributed by atoms with Crippen molar-refractivity contribution in [3.05, 3.63) is 29.8 Å². The highest BCUT2D eigenvalue weighted by molar-refractivity contribution is 6.00. The molecule has 0 saturated heterocycles. The predicted molar refractivity (Wildman–Crippen MR) is 71.7 cm³/mol. The van der Waals surface area contributed by atoms with Crippen LogP contribution in [0, 0.1) is 0 Å². The summed E-state index contributed by atoms with van der Waals surface area (Å²) in [6.07, 6.45) is 0.320. The van der Waals surface area contributed by atoms with Gasteiger partial charge in [0.2, 0.25) is 0 Å². The van der Waals surface area contributed by atoms with Crippen LogP contribution in [0.15, 0.2) is 24.3 Å². The first-order valence-corrected chi connectivity index (χ1v) is 5.98. The summed E-state index contributed by atoms with van der Waals surface area (Å²) in [4.78, 5) is 33.4. The van der Waals surface area contributed by atoms with Crippen LogP contribution in [0.4, 0.5) is 10.5 Å². The number of esters is 1. The number of carboxylic acids is 1. The maximum absolute atomic E-state index is 11.6. The van der Waals surface area contributed by atoms with Gasteiger partial charge in [-0.1, -0.05) is 12.1 Å². The highest BCUT2D eigenvalue weighted by atomic mass is 16.5. The number of anilines is 1. The van der Waals surface area contributed by atoms with Crippen LogP contribution in [0.5, 0.6) is 0 Å². The molecule has 1 aromatic rings. The lowest BCUT2D eigenvalue weighted by molar-refractivity contribution is -0.137. The van der Waals surface area contributed by atoms with E-state index in [0.717, 1.165) is 0 Å². The molecule has 0 saturated carbocycles. The van der Waals surface area contributed by atoms with Crippen molar-refractivity contribution < 1.29 is 24.2 Å². The van der Waals surface area contributed by atoms with Gasteiger partial charge in [-0.2, -0.15) is 0 Å². The molecular weight excluding hydrogens is 264 g/mol. The molecule has 108 valence electrons. The second-order valence-corrected chi connectivity index (χ2v) is 3.92. The Kier molecular flexibility index (Phi) is 6.02. The molecule has 3 N–H and O–H groups in total. The van der Waals surface area contributed by atoms with Gasteiger partial charge >= 0.3 is 18.0 Å². The zero-order valence-corrected chi connectivity index (χ0v) is 11.0. The summed E-state index contributed by atoms with van der Waals surface area (Å²) in [6.45, 7) is 0.235. The fraction of sp³-hybridized carbons (Fsp3) is 0.308. The molecular formula is C13H16N2O5. The topological polar surface area (TPSA) is 105 Å². The van der Waals surface area contributed by atoms with Crippen LogP contribution in [0.3, 0.4) is 0 Å². The number of para-hydroxylation sites is 1. The Bertz CT molecular complexity index is 501. The summed E-state index contributed by atoms with van der Waals surface area (Å²) in [7, 11) is 1.26. The van der Waals surface area contributed by atoms with Crippen LogP contribution in [-0.2, 0) is 9.53 Å². The Morgan fingerprint density at radius 1 is 1.25 bits per heavy atom. The number of urea groups is 1. The van der Waals surface area contributed by atoms with Crippen molar-refractivity contribution in [3.63, 3.8) is 0 Å². The fourth-order valence-electron chi connectivity index (χ4n) is 1.49. The molecule has 0 unspecified atom stereocenters. The Morgan fingerprint density at radius 3 is 2.60 bits per heavy atom. The molecule has 7 nitrogen and oxygen atoms in total. The molecule has 0 fully saturated rings. The van der Waals surface area contributed by atoms with E-state index in [1.54, 1.807) is 18.2 Å². The minimum absolute atomic E-state index is 0.0149. The second-order valence-electron chi connectivity index (χ2n) is 3.92. The number of benzene rings is 1. The number of amides is 2. The Morgan fingerprint density at radius 2 is 1.95 bits per heavy atom. The lowest BCUT2D eigenvalue weighted by Crippen LogP contribution is -2.30. The average molecular weight is 280 g/mol. The monoisotopic (exact) mass is 280 g/mol. The van der Waals surface area contributed by atoms with E-state index < -0.39 is 18.0 Å². The van der Waals surface area contributed by atoms with Crippen LogP contribution in [0.2, 0.25) is 0 Å². The summed E-state index contributed by atoms with van der Waals surface area (Å²) in [5.74, 6) is -1.46. The third kappa shape index (κ3) is 4.97. The fourth-order valence-corrected chi connectivity index (χ4v) is 1.49. The number of nitrogens with one attached hydrogen (secondary N) is 2. The van der Waals surface area contributed by atoms with Crippen molar-refractivity contribution in [2.45, 2.75) is 12.8 Å². The molecule has 0 atom stereocenters. The molecule has 7 heteroatoms. The molecule has 0 aliphatic rings. The number of carbonyl (C=O) groups is 3. The largest absolute Gasteiger partial charge is 0.481 e. The third-order valence-corrected chi connectivity index (χ3v) is 2.43. The van der Waals surface area contributed by atoms with E-state index in [-0.39, 0.29) is 18.5 Å². The summed E-state index contributed by atoms with van der Waals surface area (Å²) in [5.41, 5.74) is 0.575. The number of carboxylic acid groups (broad SMARTS) is 1. The van der Waals surface area contributed by atoms with Crippen molar-refractivity contribution in [2.75, 3.05) is 19.0 Å². The number of aliphatic carboxylic acids is 1. The van der Waals surface area contributed by atoms with Gasteiger partial charge in [-0.25, -0.2) is 9.59 Å². The number of carbonyl (C=O) groups excluding carboxylic acids is 2. The number of hydrogen-bond acceptors (Lipinski definition) is 4. The molecule has 1 rings (SSSR count). The Labute approximate surface area is 115 Å². The lowest BCUT2D eigenvalue weighted by atomic mass is 10.2. The number of methoxy groups -OCH3 is 1. The van der Waals surface area contributed by atoms with E-state index in [9.17, 15) is 14.4 Å². The maximum atomic E-state index is 11.6. The van der Waals surface area contributed by atoms with E-state index in [4.69, 9.17) is 5.11 Å². The predicted octanol–water partition coefficient (Wildman–Crippen LogP) is 1.46. The summed E-state index contributed by atoms with van der Waals surface area (Å²) in [6, 6.07) is 5.93. The van der Waals surface area contributed by atoms with Crippen LogP contribution in [0.1, 0.15) is 23.2 Å². The first kappa shape index (κ1) is 15.5. The minimum Gasteiger partial charge on any atom is -0.481 e. The van der Waals surface area contributed by atoms with Gasteiger partial charge in [0.15, 0.2) is 0 Å². The van der Waals surface area contributed by atoms with Crippen LogP contribution in [-0.4, -0.2) is 36.7 Å². The number of hydrogen-bond donors (Lipinski definition) is 3. The molecule has 1 aromatic carbocycles. The standard InChI is InChI=1S/C13H16N2O5/c1-20-12(18)9-5-2-3-6-10(9)15-13(19)14-8-4-7-11(16)17/h2-3,5-6H,4,7-8H2,1H3,(H,16,17)(H2,14,15,19). The average Bonchev–Trinajstić information content (AvgIpc) is 2.43. The van der Waals surface area contributed by atoms with Crippen molar-refractivity contribution in [3.8, 4) is 0 Å². The molecule has 20 heavy (non-hydrogen) atoms. The lowest BCUT2D eigenvalue weighted by Gasteiger charge is -2.10. The minimum atomic E-state index is -0.914. The molecule has 0 bridgehead atoms. The van der Waals surface area contributed by atoms with Crippen LogP contribution < -0.4 is 10.6 Å². The van der Waals surface area contributed by atoms with E-state index in [1.165, 1.54) is 13.2 Å².